The maximum absolute atomic E-state index is 11.3. The Labute approximate surface area is 103 Å². The molecule has 0 aliphatic carbocycles. The zero-order chi connectivity index (χ0) is 12.1. The van der Waals surface area contributed by atoms with Crippen LogP contribution in [0.4, 0.5) is 0 Å². The summed E-state index contributed by atoms with van der Waals surface area (Å²) in [5.74, 6) is 0.665. The first-order chi connectivity index (χ1) is 8.16. The lowest BCUT2D eigenvalue weighted by molar-refractivity contribution is 0.141. The summed E-state index contributed by atoms with van der Waals surface area (Å²) in [4.78, 5) is 2.38. The lowest BCUT2D eigenvalue weighted by Crippen LogP contribution is -2.38. The molecule has 2 heterocycles. The Kier molecular flexibility index (Phi) is 4.78. The zero-order valence-electron chi connectivity index (χ0n) is 10.2. The Morgan fingerprint density at radius 3 is 2.94 bits per heavy atom. The molecule has 2 saturated heterocycles. The number of nitrogens with zero attached hydrogens (tertiary/aromatic N) is 1. The summed E-state index contributed by atoms with van der Waals surface area (Å²) in [7, 11) is -2.75. The van der Waals surface area contributed by atoms with Gasteiger partial charge in [0.15, 0.2) is 9.84 Å². The van der Waals surface area contributed by atoms with Crippen LogP contribution in [0.15, 0.2) is 0 Å². The van der Waals surface area contributed by atoms with E-state index in [0.717, 1.165) is 52.2 Å². The van der Waals surface area contributed by atoms with Gasteiger partial charge in [0.25, 0.3) is 0 Å². The average Bonchev–Trinajstić information content (AvgIpc) is 2.52. The molecule has 17 heavy (non-hydrogen) atoms. The molecule has 0 amide bonds. The van der Waals surface area contributed by atoms with Crippen molar-refractivity contribution in [2.75, 3.05) is 50.9 Å². The molecule has 1 N–H and O–H groups in total. The summed E-state index contributed by atoms with van der Waals surface area (Å²) < 4.78 is 28.0. The van der Waals surface area contributed by atoms with Crippen LogP contribution in [-0.4, -0.2) is 70.3 Å². The SMILES string of the molecule is O=S1(=O)CCC(NCCN2CCCOCC2)C1. The first kappa shape index (κ1) is 13.3. The standard InChI is InChI=1S/C11H22N2O3S/c14-17(15)9-2-11(10-17)12-3-5-13-4-1-7-16-8-6-13/h11-12H,1-10H2. The number of ether oxygens (including phenoxy) is 1. The highest BCUT2D eigenvalue weighted by atomic mass is 32.2. The van der Waals surface area contributed by atoms with Crippen LogP contribution in [0.25, 0.3) is 0 Å². The van der Waals surface area contributed by atoms with Crippen LogP contribution in [0.5, 0.6) is 0 Å². The highest BCUT2D eigenvalue weighted by molar-refractivity contribution is 7.91. The van der Waals surface area contributed by atoms with Crippen LogP contribution in [-0.2, 0) is 14.6 Å². The topological polar surface area (TPSA) is 58.6 Å². The minimum Gasteiger partial charge on any atom is -0.380 e. The van der Waals surface area contributed by atoms with Gasteiger partial charge in [0.1, 0.15) is 0 Å². The van der Waals surface area contributed by atoms with E-state index >= 15 is 0 Å². The molecule has 1 unspecified atom stereocenters. The van der Waals surface area contributed by atoms with E-state index in [-0.39, 0.29) is 6.04 Å². The van der Waals surface area contributed by atoms with Gasteiger partial charge in [-0.2, -0.15) is 0 Å². The second kappa shape index (κ2) is 6.13. The molecule has 2 aliphatic heterocycles. The van der Waals surface area contributed by atoms with Crippen molar-refractivity contribution in [3.8, 4) is 0 Å². The summed E-state index contributed by atoms with van der Waals surface area (Å²) in [6.45, 7) is 5.62. The Morgan fingerprint density at radius 2 is 2.18 bits per heavy atom. The summed E-state index contributed by atoms with van der Waals surface area (Å²) >= 11 is 0. The Hall–Kier alpha value is -0.170. The van der Waals surface area contributed by atoms with E-state index in [1.165, 1.54) is 0 Å². The monoisotopic (exact) mass is 262 g/mol. The summed E-state index contributed by atoms with van der Waals surface area (Å²) in [5, 5.41) is 3.34. The van der Waals surface area contributed by atoms with Gasteiger partial charge < -0.3 is 10.1 Å². The molecule has 0 saturated carbocycles. The minimum atomic E-state index is -2.75. The summed E-state index contributed by atoms with van der Waals surface area (Å²) in [6, 6.07) is 0.170. The molecule has 0 bridgehead atoms. The molecule has 2 rings (SSSR count). The Bertz CT molecular complexity index is 324. The number of rotatable bonds is 4. The highest BCUT2D eigenvalue weighted by Gasteiger charge is 2.27. The predicted octanol–water partition coefficient (Wildman–Crippen LogP) is -0.515. The third-order valence-corrected chi connectivity index (χ3v) is 5.18. The van der Waals surface area contributed by atoms with Crippen LogP contribution < -0.4 is 5.32 Å². The molecule has 5 nitrogen and oxygen atoms in total. The Morgan fingerprint density at radius 1 is 1.29 bits per heavy atom. The normalized spacial score (nSPS) is 30.2. The van der Waals surface area contributed by atoms with Crippen molar-refractivity contribution in [3.63, 3.8) is 0 Å². The van der Waals surface area contributed by atoms with E-state index in [0.29, 0.717) is 11.5 Å². The van der Waals surface area contributed by atoms with Gasteiger partial charge in [-0.3, -0.25) is 4.90 Å². The van der Waals surface area contributed by atoms with Gasteiger partial charge in [-0.05, 0) is 12.8 Å². The fourth-order valence-electron chi connectivity index (χ4n) is 2.40. The highest BCUT2D eigenvalue weighted by Crippen LogP contribution is 2.10. The van der Waals surface area contributed by atoms with E-state index in [2.05, 4.69) is 10.2 Å². The molecule has 2 fully saturated rings. The van der Waals surface area contributed by atoms with Gasteiger partial charge >= 0.3 is 0 Å². The van der Waals surface area contributed by atoms with Crippen LogP contribution in [0, 0.1) is 0 Å². The van der Waals surface area contributed by atoms with Gasteiger partial charge in [-0.1, -0.05) is 0 Å². The van der Waals surface area contributed by atoms with Crippen molar-refractivity contribution in [3.05, 3.63) is 0 Å². The molecule has 100 valence electrons. The average molecular weight is 262 g/mol. The minimum absolute atomic E-state index is 0.170. The van der Waals surface area contributed by atoms with Gasteiger partial charge in [0.05, 0.1) is 18.1 Å². The zero-order valence-corrected chi connectivity index (χ0v) is 11.0. The molecule has 0 radical (unpaired) electrons. The fraction of sp³-hybridized carbons (Fsp3) is 1.00. The Balaban J connectivity index is 1.62. The van der Waals surface area contributed by atoms with Gasteiger partial charge in [-0.15, -0.1) is 0 Å². The molecule has 0 aromatic carbocycles. The van der Waals surface area contributed by atoms with Crippen molar-refractivity contribution >= 4 is 9.84 Å². The van der Waals surface area contributed by atoms with E-state index < -0.39 is 9.84 Å². The molecular formula is C11H22N2O3S. The third kappa shape index (κ3) is 4.54. The summed E-state index contributed by atoms with van der Waals surface area (Å²) in [6.07, 6.45) is 1.86. The van der Waals surface area contributed by atoms with Crippen molar-refractivity contribution in [1.29, 1.82) is 0 Å². The van der Waals surface area contributed by atoms with Crippen LogP contribution in [0.1, 0.15) is 12.8 Å². The second-order valence-corrected chi connectivity index (χ2v) is 7.09. The van der Waals surface area contributed by atoms with Crippen LogP contribution >= 0.6 is 0 Å². The predicted molar refractivity (Wildman–Crippen MR) is 66.9 cm³/mol. The summed E-state index contributed by atoms with van der Waals surface area (Å²) in [5.41, 5.74) is 0. The van der Waals surface area contributed by atoms with Crippen molar-refractivity contribution in [2.24, 2.45) is 0 Å². The smallest absolute Gasteiger partial charge is 0.151 e. The van der Waals surface area contributed by atoms with Crippen molar-refractivity contribution in [1.82, 2.24) is 10.2 Å². The lowest BCUT2D eigenvalue weighted by atomic mass is 10.2. The number of nitrogens with one attached hydrogen (secondary N) is 1. The number of sulfone groups is 1. The van der Waals surface area contributed by atoms with Gasteiger partial charge in [0.2, 0.25) is 0 Å². The molecule has 0 aromatic rings. The van der Waals surface area contributed by atoms with Crippen molar-refractivity contribution in [2.45, 2.75) is 18.9 Å². The van der Waals surface area contributed by atoms with E-state index in [1.807, 2.05) is 0 Å². The van der Waals surface area contributed by atoms with Crippen LogP contribution in [0.3, 0.4) is 0 Å². The quantitative estimate of drug-likeness (QED) is 0.739. The number of hydrogen-bond donors (Lipinski definition) is 1. The van der Waals surface area contributed by atoms with Gasteiger partial charge in [0, 0.05) is 38.8 Å². The van der Waals surface area contributed by atoms with E-state index in [1.54, 1.807) is 0 Å². The largest absolute Gasteiger partial charge is 0.380 e. The van der Waals surface area contributed by atoms with E-state index in [9.17, 15) is 8.42 Å². The maximum atomic E-state index is 11.3. The fourth-order valence-corrected chi connectivity index (χ4v) is 4.11. The lowest BCUT2D eigenvalue weighted by Gasteiger charge is -2.20. The second-order valence-electron chi connectivity index (χ2n) is 4.86. The molecule has 6 heteroatoms. The molecule has 2 aliphatic rings. The maximum Gasteiger partial charge on any atom is 0.151 e. The van der Waals surface area contributed by atoms with Gasteiger partial charge in [-0.25, -0.2) is 8.42 Å². The van der Waals surface area contributed by atoms with E-state index in [4.69, 9.17) is 4.74 Å². The van der Waals surface area contributed by atoms with Crippen molar-refractivity contribution < 1.29 is 13.2 Å². The molecule has 0 spiro atoms. The third-order valence-electron chi connectivity index (χ3n) is 3.41. The molecular weight excluding hydrogens is 240 g/mol. The van der Waals surface area contributed by atoms with Crippen LogP contribution in [0.2, 0.25) is 0 Å². The molecule has 0 aromatic heterocycles. The number of hydrogen-bond acceptors (Lipinski definition) is 5. The first-order valence-corrected chi connectivity index (χ1v) is 8.22. The molecule has 1 atom stereocenters. The first-order valence-electron chi connectivity index (χ1n) is 6.40.